The number of hydrogen-bond donors (Lipinski definition) is 0. The average Bonchev–Trinajstić information content (AvgIpc) is 3.19. The van der Waals surface area contributed by atoms with Crippen molar-refractivity contribution in [3.63, 3.8) is 0 Å². The summed E-state index contributed by atoms with van der Waals surface area (Å²) in [6, 6.07) is 5.02. The zero-order valence-corrected chi connectivity index (χ0v) is 17.9. The van der Waals surface area contributed by atoms with Crippen molar-refractivity contribution in [3.05, 3.63) is 69.9 Å². The van der Waals surface area contributed by atoms with Crippen LogP contribution in [0.3, 0.4) is 0 Å². The van der Waals surface area contributed by atoms with E-state index in [9.17, 15) is 26.7 Å². The third-order valence-electron chi connectivity index (χ3n) is 5.57. The summed E-state index contributed by atoms with van der Waals surface area (Å²) in [5.74, 6) is -2.98. The lowest BCUT2D eigenvalue weighted by Crippen LogP contribution is -2.43. The van der Waals surface area contributed by atoms with Gasteiger partial charge >= 0.3 is 11.9 Å². The van der Waals surface area contributed by atoms with E-state index in [0.717, 1.165) is 24.4 Å². The molecule has 0 bridgehead atoms. The van der Waals surface area contributed by atoms with Gasteiger partial charge in [-0.1, -0.05) is 0 Å². The molecule has 1 atom stereocenters. The number of hydrogen-bond acceptors (Lipinski definition) is 7. The Morgan fingerprint density at radius 2 is 1.91 bits per heavy atom. The van der Waals surface area contributed by atoms with Gasteiger partial charge in [-0.15, -0.1) is 0 Å². The molecule has 2 aliphatic heterocycles. The number of ether oxygens (including phenoxy) is 3. The number of alkyl halides is 3. The predicted octanol–water partition coefficient (Wildman–Crippen LogP) is 3.53. The van der Waals surface area contributed by atoms with Gasteiger partial charge in [0.05, 0.1) is 25.8 Å². The monoisotopic (exact) mass is 496 g/mol. The van der Waals surface area contributed by atoms with Crippen LogP contribution in [-0.2, 0) is 24.1 Å². The van der Waals surface area contributed by atoms with Gasteiger partial charge in [0.15, 0.2) is 17.4 Å². The summed E-state index contributed by atoms with van der Waals surface area (Å²) in [5.41, 5.74) is -1.71. The van der Waals surface area contributed by atoms with E-state index in [2.05, 4.69) is 9.97 Å². The minimum absolute atomic E-state index is 0.00833. The summed E-state index contributed by atoms with van der Waals surface area (Å²) < 4.78 is 85.0. The first kappa shape index (κ1) is 23.0. The fourth-order valence-electron chi connectivity index (χ4n) is 3.97. The Morgan fingerprint density at radius 3 is 2.66 bits per heavy atom. The number of nitrogens with zero attached hydrogens (tertiary/aromatic N) is 4. The van der Waals surface area contributed by atoms with Crippen molar-refractivity contribution in [1.29, 1.82) is 0 Å². The predicted molar refractivity (Wildman–Crippen MR) is 110 cm³/mol. The molecule has 8 nitrogen and oxygen atoms in total. The van der Waals surface area contributed by atoms with Crippen molar-refractivity contribution in [2.75, 3.05) is 24.7 Å². The summed E-state index contributed by atoms with van der Waals surface area (Å²) >= 11 is 0. The first-order valence-corrected chi connectivity index (χ1v) is 10.5. The van der Waals surface area contributed by atoms with Crippen molar-refractivity contribution in [2.45, 2.75) is 25.4 Å². The van der Waals surface area contributed by atoms with E-state index in [0.29, 0.717) is 38.2 Å². The van der Waals surface area contributed by atoms with Gasteiger partial charge in [-0.3, -0.25) is 9.55 Å². The second kappa shape index (κ2) is 8.80. The Hall–Kier alpha value is -3.74. The Kier molecular flexibility index (Phi) is 5.79. The van der Waals surface area contributed by atoms with E-state index in [1.807, 2.05) is 4.90 Å². The number of pyridine rings is 1. The van der Waals surface area contributed by atoms with Crippen LogP contribution in [0, 0.1) is 11.6 Å². The zero-order chi connectivity index (χ0) is 24.7. The molecule has 0 spiro atoms. The lowest BCUT2D eigenvalue weighted by molar-refractivity contribution is -0.141. The van der Waals surface area contributed by atoms with E-state index < -0.39 is 40.7 Å². The van der Waals surface area contributed by atoms with Crippen molar-refractivity contribution in [1.82, 2.24) is 14.5 Å². The molecule has 3 aromatic rings. The number of aromatic nitrogens is 3. The van der Waals surface area contributed by atoms with Crippen LogP contribution in [0.4, 0.5) is 27.8 Å². The molecular formula is C22H17F5N4O4. The topological polar surface area (TPSA) is 78.7 Å². The lowest BCUT2D eigenvalue weighted by Gasteiger charge is -2.30. The van der Waals surface area contributed by atoms with Crippen LogP contribution in [0.2, 0.25) is 0 Å². The number of fused-ring (bicyclic) bond motifs is 3. The van der Waals surface area contributed by atoms with Crippen molar-refractivity contribution >= 4 is 5.82 Å². The second-order valence-corrected chi connectivity index (χ2v) is 7.92. The minimum atomic E-state index is -4.74. The molecule has 5 rings (SSSR count). The summed E-state index contributed by atoms with van der Waals surface area (Å²) in [5, 5.41) is 0. The summed E-state index contributed by atoms with van der Waals surface area (Å²) in [4.78, 5) is 21.5. The van der Waals surface area contributed by atoms with E-state index in [4.69, 9.17) is 14.2 Å². The summed E-state index contributed by atoms with van der Waals surface area (Å²) in [7, 11) is 0. The van der Waals surface area contributed by atoms with Gasteiger partial charge in [0.25, 0.3) is 0 Å². The van der Waals surface area contributed by atoms with Gasteiger partial charge in [0.1, 0.15) is 23.9 Å². The third kappa shape index (κ3) is 4.63. The molecule has 13 heteroatoms. The van der Waals surface area contributed by atoms with E-state index >= 15 is 0 Å². The maximum atomic E-state index is 14.5. The van der Waals surface area contributed by atoms with Crippen molar-refractivity contribution < 1.29 is 36.2 Å². The molecule has 0 aliphatic carbocycles. The van der Waals surface area contributed by atoms with Gasteiger partial charge in [-0.2, -0.15) is 18.2 Å². The number of anilines is 1. The zero-order valence-electron chi connectivity index (χ0n) is 17.9. The normalized spacial score (nSPS) is 17.2. The first-order chi connectivity index (χ1) is 16.7. The smallest absolute Gasteiger partial charge is 0.433 e. The van der Waals surface area contributed by atoms with Crippen molar-refractivity contribution in [2.24, 2.45) is 0 Å². The number of morpholine rings is 1. The molecule has 0 amide bonds. The molecule has 2 aromatic heterocycles. The van der Waals surface area contributed by atoms with Crippen LogP contribution < -0.4 is 20.1 Å². The van der Waals surface area contributed by atoms with Crippen molar-refractivity contribution in [3.8, 4) is 17.4 Å². The Bertz CT molecular complexity index is 1310. The van der Waals surface area contributed by atoms with E-state index in [1.54, 1.807) is 6.07 Å². The highest BCUT2D eigenvalue weighted by Gasteiger charge is 2.34. The molecule has 2 aliphatic rings. The Labute approximate surface area is 194 Å². The highest BCUT2D eigenvalue weighted by atomic mass is 19.4. The molecule has 1 fully saturated rings. The van der Waals surface area contributed by atoms with E-state index in [1.165, 1.54) is 4.57 Å². The molecule has 1 saturated heterocycles. The maximum absolute atomic E-state index is 14.5. The molecule has 1 aromatic carbocycles. The van der Waals surface area contributed by atoms with Gasteiger partial charge in [-0.05, 0) is 23.8 Å². The maximum Gasteiger partial charge on any atom is 0.433 e. The number of halogens is 5. The SMILES string of the molecule is O=c1nc(OCc2cc(F)c(Oc3ccnc(C(F)(F)F)c3)c(F)c2)cc2n1C[C@H]1COCCN21. The van der Waals surface area contributed by atoms with Gasteiger partial charge < -0.3 is 19.1 Å². The first-order valence-electron chi connectivity index (χ1n) is 10.5. The molecule has 0 N–H and O–H groups in total. The minimum Gasteiger partial charge on any atom is -0.473 e. The molecule has 4 heterocycles. The third-order valence-corrected chi connectivity index (χ3v) is 5.57. The molecule has 0 radical (unpaired) electrons. The highest BCUT2D eigenvalue weighted by Crippen LogP contribution is 2.33. The van der Waals surface area contributed by atoms with Crippen LogP contribution in [0.1, 0.15) is 11.3 Å². The largest absolute Gasteiger partial charge is 0.473 e. The fraction of sp³-hybridized carbons (Fsp3) is 0.318. The average molecular weight is 496 g/mol. The quantitative estimate of drug-likeness (QED) is 0.500. The standard InChI is InChI=1S/C22H17F5N4O4/c23-15-5-12(6-16(24)20(15)35-14-1-2-28-17(7-14)22(25,26)27)10-34-18-8-19-30-3-4-33-11-13(30)9-31(19)21(32)29-18/h1-2,5-8,13H,3-4,9-11H2/t13-/m0/s1. The van der Waals surface area contributed by atoms with Crippen LogP contribution in [-0.4, -0.2) is 40.3 Å². The van der Waals surface area contributed by atoms with Crippen LogP contribution in [0.15, 0.2) is 41.3 Å². The van der Waals surface area contributed by atoms with E-state index in [-0.39, 0.29) is 24.1 Å². The summed E-state index contributed by atoms with van der Waals surface area (Å²) in [6.07, 6.45) is -3.92. The number of rotatable bonds is 5. The lowest BCUT2D eigenvalue weighted by atomic mass is 10.2. The van der Waals surface area contributed by atoms with Gasteiger partial charge in [0, 0.05) is 24.9 Å². The molecular weight excluding hydrogens is 479 g/mol. The molecule has 35 heavy (non-hydrogen) atoms. The fourth-order valence-corrected chi connectivity index (χ4v) is 3.97. The van der Waals surface area contributed by atoms with Gasteiger partial charge in [0.2, 0.25) is 5.88 Å². The van der Waals surface area contributed by atoms with Crippen LogP contribution in [0.5, 0.6) is 17.4 Å². The molecule has 184 valence electrons. The highest BCUT2D eigenvalue weighted by molar-refractivity contribution is 5.47. The second-order valence-electron chi connectivity index (χ2n) is 7.92. The van der Waals surface area contributed by atoms with Crippen LogP contribution >= 0.6 is 0 Å². The summed E-state index contributed by atoms with van der Waals surface area (Å²) in [6.45, 7) is 1.74. The number of benzene rings is 1. The Morgan fingerprint density at radius 1 is 1.14 bits per heavy atom. The van der Waals surface area contributed by atoms with Gasteiger partial charge in [-0.25, -0.2) is 13.6 Å². The Balaban J connectivity index is 1.31. The van der Waals surface area contributed by atoms with Crippen LogP contribution in [0.25, 0.3) is 0 Å². The molecule has 0 unspecified atom stereocenters. The molecule has 0 saturated carbocycles.